The summed E-state index contributed by atoms with van der Waals surface area (Å²) in [5.41, 5.74) is 2.59. The molecule has 6 nitrogen and oxygen atoms in total. The molecule has 6 heteroatoms. The molecule has 0 bridgehead atoms. The first-order chi connectivity index (χ1) is 11.0. The summed E-state index contributed by atoms with van der Waals surface area (Å²) in [6.45, 7) is 6.82. The monoisotopic (exact) mass is 309 g/mol. The molecule has 1 heterocycles. The first-order valence-corrected chi connectivity index (χ1v) is 6.99. The second-order valence-electron chi connectivity index (χ2n) is 5.26. The van der Waals surface area contributed by atoms with Crippen molar-refractivity contribution in [2.75, 3.05) is 0 Å². The molecule has 1 aromatic heterocycles. The van der Waals surface area contributed by atoms with E-state index in [0.29, 0.717) is 33.6 Å². The second-order valence-corrected chi connectivity index (χ2v) is 5.26. The quantitative estimate of drug-likeness (QED) is 0.457. The van der Waals surface area contributed by atoms with Crippen LogP contribution in [0.3, 0.4) is 0 Å². The number of aromatic nitrogens is 3. The number of hydrogen-bond donors (Lipinski definition) is 1. The highest BCUT2D eigenvalue weighted by atomic mass is 16.5. The van der Waals surface area contributed by atoms with Crippen LogP contribution in [0.2, 0.25) is 0 Å². The van der Waals surface area contributed by atoms with E-state index >= 15 is 0 Å². The van der Waals surface area contributed by atoms with Gasteiger partial charge in [-0.2, -0.15) is 0 Å². The molecule has 3 aromatic rings. The molecule has 0 saturated carbocycles. The predicted molar refractivity (Wildman–Crippen MR) is 85.7 cm³/mol. The van der Waals surface area contributed by atoms with Gasteiger partial charge in [0.15, 0.2) is 0 Å². The van der Waals surface area contributed by atoms with Crippen molar-refractivity contribution >= 4 is 17.0 Å². The van der Waals surface area contributed by atoms with Crippen molar-refractivity contribution in [2.45, 2.75) is 13.8 Å². The van der Waals surface area contributed by atoms with E-state index in [0.717, 1.165) is 0 Å². The minimum Gasteiger partial charge on any atom is -0.505 e. The van der Waals surface area contributed by atoms with Crippen molar-refractivity contribution in [2.24, 2.45) is 0 Å². The number of rotatable bonds is 3. The second kappa shape index (κ2) is 5.57. The van der Waals surface area contributed by atoms with Crippen molar-refractivity contribution < 1.29 is 14.6 Å². The molecule has 0 spiro atoms. The number of phenols is 1. The van der Waals surface area contributed by atoms with Crippen LogP contribution in [0.4, 0.5) is 0 Å². The van der Waals surface area contributed by atoms with Gasteiger partial charge in [0.2, 0.25) is 0 Å². The van der Waals surface area contributed by atoms with E-state index in [9.17, 15) is 9.90 Å². The highest BCUT2D eigenvalue weighted by molar-refractivity contribution is 5.89. The Bertz CT molecular complexity index is 895. The van der Waals surface area contributed by atoms with E-state index in [1.54, 1.807) is 19.9 Å². The maximum absolute atomic E-state index is 11.7. The number of ether oxygens (including phenoxy) is 1. The number of aryl methyl sites for hydroxylation is 1. The first kappa shape index (κ1) is 14.8. The van der Waals surface area contributed by atoms with Crippen LogP contribution in [0.25, 0.3) is 16.7 Å². The fourth-order valence-corrected chi connectivity index (χ4v) is 2.10. The number of aromatic hydroxyl groups is 1. The van der Waals surface area contributed by atoms with Crippen LogP contribution < -0.4 is 4.74 Å². The minimum absolute atomic E-state index is 0.0282. The Hall–Kier alpha value is -3.15. The van der Waals surface area contributed by atoms with Crippen LogP contribution in [0.15, 0.2) is 48.6 Å². The van der Waals surface area contributed by atoms with Crippen molar-refractivity contribution in [1.82, 2.24) is 15.0 Å². The summed E-state index contributed by atoms with van der Waals surface area (Å²) >= 11 is 0. The van der Waals surface area contributed by atoms with Gasteiger partial charge in [-0.05, 0) is 37.6 Å². The molecule has 0 radical (unpaired) electrons. The Balaban J connectivity index is 2.09. The maximum Gasteiger partial charge on any atom is 0.338 e. The smallest absolute Gasteiger partial charge is 0.338 e. The van der Waals surface area contributed by atoms with Gasteiger partial charge in [0.05, 0.1) is 0 Å². The van der Waals surface area contributed by atoms with Crippen LogP contribution in [0.1, 0.15) is 12.5 Å². The summed E-state index contributed by atoms with van der Waals surface area (Å²) in [5.74, 6) is -0.204. The Labute approximate surface area is 132 Å². The summed E-state index contributed by atoms with van der Waals surface area (Å²) < 4.78 is 5.23. The minimum atomic E-state index is -0.528. The SMILES string of the molecule is C=C(C)C(=O)Oc1cc(C)c(O)c(-n2nc3ccccc3n2)c1. The third-order valence-electron chi connectivity index (χ3n) is 3.32. The summed E-state index contributed by atoms with van der Waals surface area (Å²) in [7, 11) is 0. The molecule has 0 saturated heterocycles. The van der Waals surface area contributed by atoms with Gasteiger partial charge < -0.3 is 9.84 Å². The van der Waals surface area contributed by atoms with E-state index < -0.39 is 5.97 Å². The van der Waals surface area contributed by atoms with Crippen molar-refractivity contribution in [1.29, 1.82) is 0 Å². The molecule has 0 amide bonds. The van der Waals surface area contributed by atoms with E-state index in [-0.39, 0.29) is 5.75 Å². The van der Waals surface area contributed by atoms with Crippen molar-refractivity contribution in [3.05, 3.63) is 54.1 Å². The molecule has 0 aliphatic carbocycles. The van der Waals surface area contributed by atoms with Crippen LogP contribution in [-0.4, -0.2) is 26.1 Å². The normalized spacial score (nSPS) is 10.7. The van der Waals surface area contributed by atoms with Gasteiger partial charge in [0.1, 0.15) is 28.2 Å². The molecule has 0 aliphatic heterocycles. The number of benzene rings is 2. The molecule has 0 fully saturated rings. The Kier molecular flexibility index (Phi) is 3.57. The van der Waals surface area contributed by atoms with Gasteiger partial charge in [-0.15, -0.1) is 15.0 Å². The van der Waals surface area contributed by atoms with Gasteiger partial charge in [-0.25, -0.2) is 4.79 Å². The lowest BCUT2D eigenvalue weighted by molar-refractivity contribution is -0.130. The zero-order chi connectivity index (χ0) is 16.6. The van der Waals surface area contributed by atoms with E-state index in [1.165, 1.54) is 10.9 Å². The van der Waals surface area contributed by atoms with Crippen LogP contribution in [-0.2, 0) is 4.79 Å². The molecule has 3 rings (SSSR count). The molecule has 0 aliphatic rings. The lowest BCUT2D eigenvalue weighted by Gasteiger charge is -2.10. The summed E-state index contributed by atoms with van der Waals surface area (Å²) in [6, 6.07) is 10.5. The number of hydrogen-bond acceptors (Lipinski definition) is 5. The number of esters is 1. The third kappa shape index (κ3) is 2.78. The Morgan fingerprint density at radius 1 is 1.22 bits per heavy atom. The standard InChI is InChI=1S/C17H15N3O3/c1-10(2)17(22)23-12-8-11(3)16(21)15(9-12)20-18-13-6-4-5-7-14(13)19-20/h4-9,21H,1H2,2-3H3. The average Bonchev–Trinajstić information content (AvgIpc) is 2.94. The molecule has 23 heavy (non-hydrogen) atoms. The number of carbonyl (C=O) groups excluding carboxylic acids is 1. The average molecular weight is 309 g/mol. The van der Waals surface area contributed by atoms with Crippen LogP contribution >= 0.6 is 0 Å². The van der Waals surface area contributed by atoms with Gasteiger partial charge in [0, 0.05) is 11.6 Å². The predicted octanol–water partition coefficient (Wildman–Crippen LogP) is 2.92. The number of fused-ring (bicyclic) bond motifs is 1. The number of phenolic OH excluding ortho intramolecular Hbond substituents is 1. The summed E-state index contributed by atoms with van der Waals surface area (Å²) in [5, 5.41) is 18.9. The van der Waals surface area contributed by atoms with Gasteiger partial charge in [-0.3, -0.25) is 0 Å². The molecular formula is C17H15N3O3. The van der Waals surface area contributed by atoms with Gasteiger partial charge >= 0.3 is 5.97 Å². The summed E-state index contributed by atoms with van der Waals surface area (Å²) in [4.78, 5) is 13.0. The lowest BCUT2D eigenvalue weighted by Crippen LogP contribution is -2.09. The highest BCUT2D eigenvalue weighted by Crippen LogP contribution is 2.31. The largest absolute Gasteiger partial charge is 0.505 e. The zero-order valence-electron chi connectivity index (χ0n) is 12.8. The van der Waals surface area contributed by atoms with Gasteiger partial charge in [0.25, 0.3) is 0 Å². The number of nitrogens with zero attached hydrogens (tertiary/aromatic N) is 3. The highest BCUT2D eigenvalue weighted by Gasteiger charge is 2.15. The Morgan fingerprint density at radius 3 is 2.39 bits per heavy atom. The fraction of sp³-hybridized carbons (Fsp3) is 0.118. The van der Waals surface area contributed by atoms with E-state index in [4.69, 9.17) is 4.74 Å². The molecule has 2 aromatic carbocycles. The molecule has 0 unspecified atom stereocenters. The van der Waals surface area contributed by atoms with Crippen LogP contribution in [0, 0.1) is 6.92 Å². The van der Waals surface area contributed by atoms with E-state index in [2.05, 4.69) is 16.8 Å². The molecule has 0 atom stereocenters. The molecule has 1 N–H and O–H groups in total. The topological polar surface area (TPSA) is 77.2 Å². The zero-order valence-corrected chi connectivity index (χ0v) is 12.8. The van der Waals surface area contributed by atoms with Crippen molar-refractivity contribution in [3.63, 3.8) is 0 Å². The summed E-state index contributed by atoms with van der Waals surface area (Å²) in [6.07, 6.45) is 0. The van der Waals surface area contributed by atoms with Crippen molar-refractivity contribution in [3.8, 4) is 17.2 Å². The lowest BCUT2D eigenvalue weighted by atomic mass is 10.2. The first-order valence-electron chi connectivity index (χ1n) is 6.99. The van der Waals surface area contributed by atoms with E-state index in [1.807, 2.05) is 24.3 Å². The maximum atomic E-state index is 11.7. The van der Waals surface area contributed by atoms with Crippen LogP contribution in [0.5, 0.6) is 11.5 Å². The Morgan fingerprint density at radius 2 is 1.83 bits per heavy atom. The molecule has 116 valence electrons. The number of carbonyl (C=O) groups is 1. The van der Waals surface area contributed by atoms with Gasteiger partial charge in [-0.1, -0.05) is 18.7 Å². The molecular weight excluding hydrogens is 294 g/mol. The third-order valence-corrected chi connectivity index (χ3v) is 3.32. The fourth-order valence-electron chi connectivity index (χ4n) is 2.10.